The minimum Gasteiger partial charge on any atom is -0.313 e. The predicted molar refractivity (Wildman–Crippen MR) is 120 cm³/mol. The number of aryl methyl sites for hydroxylation is 2. The van der Waals surface area contributed by atoms with Crippen LogP contribution >= 0.6 is 0 Å². The fourth-order valence-corrected chi connectivity index (χ4v) is 3.40. The molecule has 7 heteroatoms. The second kappa shape index (κ2) is 10.2. The zero-order chi connectivity index (χ0) is 23.3. The standard InChI is InChI=1S/C25H25F2N3O2/c1-4-5-25(32)30(3)22-11-7-18(14-20(22)26)21-10-6-19(15-28-21)23(31)12-8-17-9-13-24(27)29-16(17)2/h6-7,9-11,13-15H,4-5,8,12H2,1-3H3. The lowest BCUT2D eigenvalue weighted by molar-refractivity contribution is -0.118. The van der Waals surface area contributed by atoms with Gasteiger partial charge in [0.05, 0.1) is 11.4 Å². The molecule has 0 atom stereocenters. The summed E-state index contributed by atoms with van der Waals surface area (Å²) in [6.07, 6.45) is 3.22. The number of aromatic nitrogens is 2. The molecule has 1 amide bonds. The molecule has 0 aliphatic rings. The topological polar surface area (TPSA) is 63.2 Å². The SMILES string of the molecule is CCCC(=O)N(C)c1ccc(-c2ccc(C(=O)CCc3ccc(F)nc3C)cn2)cc1F. The molecule has 0 unspecified atom stereocenters. The van der Waals surface area contributed by atoms with E-state index >= 15 is 0 Å². The molecule has 1 aromatic carbocycles. The van der Waals surface area contributed by atoms with Gasteiger partial charge in [-0.2, -0.15) is 4.39 Å². The summed E-state index contributed by atoms with van der Waals surface area (Å²) in [5.74, 6) is -1.29. The lowest BCUT2D eigenvalue weighted by Crippen LogP contribution is -2.26. The van der Waals surface area contributed by atoms with E-state index in [0.29, 0.717) is 41.8 Å². The van der Waals surface area contributed by atoms with Gasteiger partial charge in [0.25, 0.3) is 0 Å². The van der Waals surface area contributed by atoms with Crippen LogP contribution in [-0.2, 0) is 11.2 Å². The van der Waals surface area contributed by atoms with Crippen LogP contribution in [0, 0.1) is 18.7 Å². The summed E-state index contributed by atoms with van der Waals surface area (Å²) in [6, 6.07) is 10.8. The lowest BCUT2D eigenvalue weighted by Gasteiger charge is -2.18. The van der Waals surface area contributed by atoms with Gasteiger partial charge in [-0.1, -0.05) is 19.1 Å². The number of Topliss-reactive ketones (excluding diaryl/α,β-unsaturated/α-hetero) is 1. The van der Waals surface area contributed by atoms with Crippen molar-refractivity contribution >= 4 is 17.4 Å². The van der Waals surface area contributed by atoms with E-state index in [2.05, 4.69) is 9.97 Å². The van der Waals surface area contributed by atoms with Crippen molar-refractivity contribution in [2.75, 3.05) is 11.9 Å². The van der Waals surface area contributed by atoms with Crippen molar-refractivity contribution < 1.29 is 18.4 Å². The van der Waals surface area contributed by atoms with Crippen molar-refractivity contribution in [3.63, 3.8) is 0 Å². The van der Waals surface area contributed by atoms with Gasteiger partial charge in [0.1, 0.15) is 5.82 Å². The second-order valence-corrected chi connectivity index (χ2v) is 7.60. The number of rotatable bonds is 8. The number of pyridine rings is 2. The molecule has 2 heterocycles. The largest absolute Gasteiger partial charge is 0.313 e. The van der Waals surface area contributed by atoms with Gasteiger partial charge < -0.3 is 4.90 Å². The van der Waals surface area contributed by atoms with Crippen molar-refractivity contribution in [2.45, 2.75) is 39.5 Å². The average molecular weight is 437 g/mol. The Balaban J connectivity index is 1.69. The highest BCUT2D eigenvalue weighted by atomic mass is 19.1. The van der Waals surface area contributed by atoms with Crippen LogP contribution < -0.4 is 4.90 Å². The Hall–Kier alpha value is -3.48. The van der Waals surface area contributed by atoms with E-state index < -0.39 is 11.8 Å². The second-order valence-electron chi connectivity index (χ2n) is 7.60. The van der Waals surface area contributed by atoms with Crippen LogP contribution in [0.3, 0.4) is 0 Å². The summed E-state index contributed by atoms with van der Waals surface area (Å²) < 4.78 is 27.7. The van der Waals surface area contributed by atoms with Gasteiger partial charge >= 0.3 is 0 Å². The number of hydrogen-bond acceptors (Lipinski definition) is 4. The molecule has 0 fully saturated rings. The molecular weight excluding hydrogens is 412 g/mol. The smallest absolute Gasteiger partial charge is 0.226 e. The van der Waals surface area contributed by atoms with Crippen molar-refractivity contribution in [1.29, 1.82) is 0 Å². The summed E-state index contributed by atoms with van der Waals surface area (Å²) in [7, 11) is 1.55. The molecule has 0 radical (unpaired) electrons. The fourth-order valence-electron chi connectivity index (χ4n) is 3.40. The maximum Gasteiger partial charge on any atom is 0.226 e. The van der Waals surface area contributed by atoms with E-state index in [1.54, 1.807) is 44.3 Å². The molecule has 3 rings (SSSR count). The van der Waals surface area contributed by atoms with E-state index in [4.69, 9.17) is 0 Å². The van der Waals surface area contributed by atoms with Gasteiger partial charge in [-0.25, -0.2) is 9.37 Å². The number of hydrogen-bond donors (Lipinski definition) is 0. The third-order valence-electron chi connectivity index (χ3n) is 5.31. The molecule has 5 nitrogen and oxygen atoms in total. The molecule has 32 heavy (non-hydrogen) atoms. The number of carbonyl (C=O) groups excluding carboxylic acids is 2. The first-order valence-electron chi connectivity index (χ1n) is 10.5. The Morgan fingerprint density at radius 3 is 2.44 bits per heavy atom. The predicted octanol–water partition coefficient (Wildman–Crippen LogP) is 5.31. The number of ketones is 1. The Labute approximate surface area is 186 Å². The summed E-state index contributed by atoms with van der Waals surface area (Å²) in [4.78, 5) is 33.9. The van der Waals surface area contributed by atoms with Crippen LogP contribution in [0.2, 0.25) is 0 Å². The van der Waals surface area contributed by atoms with Gasteiger partial charge in [0.15, 0.2) is 5.78 Å². The van der Waals surface area contributed by atoms with Crippen molar-refractivity contribution in [3.05, 3.63) is 77.2 Å². The van der Waals surface area contributed by atoms with Gasteiger partial charge in [0, 0.05) is 42.9 Å². The molecule has 0 aliphatic heterocycles. The summed E-state index contributed by atoms with van der Waals surface area (Å²) in [5.41, 5.74) is 3.12. The summed E-state index contributed by atoms with van der Waals surface area (Å²) in [5, 5.41) is 0. The normalized spacial score (nSPS) is 10.8. The highest BCUT2D eigenvalue weighted by Gasteiger charge is 2.15. The first kappa shape index (κ1) is 23.2. The Bertz CT molecular complexity index is 1130. The van der Waals surface area contributed by atoms with Gasteiger partial charge in [-0.05, 0) is 55.7 Å². The number of carbonyl (C=O) groups is 2. The number of amides is 1. The Morgan fingerprint density at radius 2 is 1.81 bits per heavy atom. The molecular formula is C25H25F2N3O2. The lowest BCUT2D eigenvalue weighted by atomic mass is 10.0. The first-order valence-corrected chi connectivity index (χ1v) is 10.5. The molecule has 0 bridgehead atoms. The van der Waals surface area contributed by atoms with Gasteiger partial charge in [0.2, 0.25) is 11.9 Å². The number of benzene rings is 1. The van der Waals surface area contributed by atoms with E-state index in [0.717, 1.165) is 5.56 Å². The minimum atomic E-state index is -0.541. The van der Waals surface area contributed by atoms with Gasteiger partial charge in [-0.15, -0.1) is 0 Å². The molecule has 0 N–H and O–H groups in total. The maximum atomic E-state index is 14.6. The molecule has 0 aliphatic carbocycles. The van der Waals surface area contributed by atoms with E-state index in [1.165, 1.54) is 23.2 Å². The quantitative estimate of drug-likeness (QED) is 0.354. The Kier molecular flexibility index (Phi) is 7.41. The zero-order valence-corrected chi connectivity index (χ0v) is 18.4. The van der Waals surface area contributed by atoms with E-state index in [9.17, 15) is 18.4 Å². The highest BCUT2D eigenvalue weighted by Crippen LogP contribution is 2.26. The monoisotopic (exact) mass is 437 g/mol. The average Bonchev–Trinajstić information content (AvgIpc) is 2.78. The van der Waals surface area contributed by atoms with Crippen molar-refractivity contribution in [1.82, 2.24) is 9.97 Å². The van der Waals surface area contributed by atoms with Crippen LogP contribution in [0.5, 0.6) is 0 Å². The zero-order valence-electron chi connectivity index (χ0n) is 18.4. The third-order valence-corrected chi connectivity index (χ3v) is 5.31. The third kappa shape index (κ3) is 5.41. The number of anilines is 1. The fraction of sp³-hybridized carbons (Fsp3) is 0.280. The van der Waals surface area contributed by atoms with Crippen LogP contribution in [0.4, 0.5) is 14.5 Å². The van der Waals surface area contributed by atoms with Gasteiger partial charge in [-0.3, -0.25) is 14.6 Å². The van der Waals surface area contributed by atoms with Crippen LogP contribution in [0.1, 0.15) is 47.8 Å². The number of nitrogens with zero attached hydrogens (tertiary/aromatic N) is 3. The van der Waals surface area contributed by atoms with Crippen LogP contribution in [-0.4, -0.2) is 28.7 Å². The van der Waals surface area contributed by atoms with Crippen molar-refractivity contribution in [2.24, 2.45) is 0 Å². The van der Waals surface area contributed by atoms with Crippen LogP contribution in [0.25, 0.3) is 11.3 Å². The molecule has 166 valence electrons. The van der Waals surface area contributed by atoms with E-state index in [1.807, 2.05) is 6.92 Å². The van der Waals surface area contributed by atoms with Crippen molar-refractivity contribution in [3.8, 4) is 11.3 Å². The summed E-state index contributed by atoms with van der Waals surface area (Å²) >= 11 is 0. The molecule has 0 spiro atoms. The summed E-state index contributed by atoms with van der Waals surface area (Å²) in [6.45, 7) is 3.60. The van der Waals surface area contributed by atoms with Crippen LogP contribution in [0.15, 0.2) is 48.7 Å². The molecule has 2 aromatic heterocycles. The minimum absolute atomic E-state index is 0.0923. The first-order chi connectivity index (χ1) is 15.3. The Morgan fingerprint density at radius 1 is 1.03 bits per heavy atom. The number of halogens is 2. The highest BCUT2D eigenvalue weighted by molar-refractivity contribution is 5.96. The molecule has 0 saturated heterocycles. The molecule has 3 aromatic rings. The molecule has 0 saturated carbocycles. The van der Waals surface area contributed by atoms with E-state index in [-0.39, 0.29) is 23.8 Å². The maximum absolute atomic E-state index is 14.6.